The van der Waals surface area contributed by atoms with Crippen molar-refractivity contribution in [3.05, 3.63) is 57.1 Å². The molecular weight excluding hydrogens is 332 g/mol. The number of allylic oxidation sites excluding steroid dienone is 3. The zero-order chi connectivity index (χ0) is 15.0. The molecule has 0 fully saturated rings. The number of nitriles is 1. The summed E-state index contributed by atoms with van der Waals surface area (Å²) in [5.74, 6) is 0.360. The van der Waals surface area contributed by atoms with Gasteiger partial charge in [-0.15, -0.1) is 0 Å². The maximum atomic E-state index is 12.3. The minimum absolute atomic E-state index is 0.0458. The van der Waals surface area contributed by atoms with Crippen LogP contribution in [-0.4, -0.2) is 5.78 Å². The van der Waals surface area contributed by atoms with Crippen LogP contribution in [0.4, 0.5) is 0 Å². The number of hydrogen-bond acceptors (Lipinski definition) is 4. The Balaban J connectivity index is 2.17. The Morgan fingerprint density at radius 1 is 1.29 bits per heavy atom. The second kappa shape index (κ2) is 5.38. The summed E-state index contributed by atoms with van der Waals surface area (Å²) in [4.78, 5) is 12.3. The lowest BCUT2D eigenvalue weighted by Gasteiger charge is -2.30. The molecule has 0 aromatic heterocycles. The number of halogens is 1. The van der Waals surface area contributed by atoms with E-state index in [0.29, 0.717) is 29.7 Å². The van der Waals surface area contributed by atoms with Crippen molar-refractivity contribution in [3.63, 3.8) is 0 Å². The lowest BCUT2D eigenvalue weighted by Crippen LogP contribution is -2.27. The van der Waals surface area contributed by atoms with Crippen molar-refractivity contribution in [1.29, 1.82) is 5.26 Å². The van der Waals surface area contributed by atoms with Gasteiger partial charge in [0.15, 0.2) is 5.78 Å². The first-order valence-electron chi connectivity index (χ1n) is 6.71. The van der Waals surface area contributed by atoms with E-state index in [0.717, 1.165) is 16.5 Å². The summed E-state index contributed by atoms with van der Waals surface area (Å²) in [6.45, 7) is 0. The highest BCUT2D eigenvalue weighted by molar-refractivity contribution is 9.10. The summed E-state index contributed by atoms with van der Waals surface area (Å²) < 4.78 is 6.47. The largest absolute Gasteiger partial charge is 0.444 e. The SMILES string of the molecule is N#CC1=C(N)OC2=C(C(=O)CCC2)[C@H]1c1ccc(Br)cc1. The molecule has 2 N–H and O–H groups in total. The molecule has 0 amide bonds. The number of hydrogen-bond donors (Lipinski definition) is 1. The Hall–Kier alpha value is -2.06. The molecule has 1 aliphatic heterocycles. The van der Waals surface area contributed by atoms with Gasteiger partial charge in [0, 0.05) is 22.9 Å². The number of carbonyl (C=O) groups excluding carboxylic acids is 1. The molecule has 4 nitrogen and oxygen atoms in total. The molecule has 2 aliphatic rings. The van der Waals surface area contributed by atoms with Crippen molar-refractivity contribution in [1.82, 2.24) is 0 Å². The maximum Gasteiger partial charge on any atom is 0.205 e. The molecule has 0 radical (unpaired) electrons. The molecule has 0 bridgehead atoms. The smallest absolute Gasteiger partial charge is 0.205 e. The van der Waals surface area contributed by atoms with Crippen LogP contribution in [0.15, 0.2) is 51.5 Å². The zero-order valence-electron chi connectivity index (χ0n) is 11.2. The van der Waals surface area contributed by atoms with Gasteiger partial charge in [-0.3, -0.25) is 4.79 Å². The van der Waals surface area contributed by atoms with Gasteiger partial charge in [-0.25, -0.2) is 0 Å². The summed E-state index contributed by atoms with van der Waals surface area (Å²) in [5, 5.41) is 9.41. The van der Waals surface area contributed by atoms with E-state index in [1.54, 1.807) is 0 Å². The summed E-state index contributed by atoms with van der Waals surface area (Å²) >= 11 is 3.39. The van der Waals surface area contributed by atoms with Crippen LogP contribution in [0.2, 0.25) is 0 Å². The topological polar surface area (TPSA) is 76.1 Å². The summed E-state index contributed by atoms with van der Waals surface area (Å²) in [5.41, 5.74) is 7.66. The summed E-state index contributed by atoms with van der Waals surface area (Å²) in [6.07, 6.45) is 1.95. The average molecular weight is 345 g/mol. The number of Topliss-reactive ketones (excluding diaryl/α,β-unsaturated/α-hetero) is 1. The van der Waals surface area contributed by atoms with Gasteiger partial charge in [-0.1, -0.05) is 28.1 Å². The van der Waals surface area contributed by atoms with Gasteiger partial charge in [-0.2, -0.15) is 5.26 Å². The fraction of sp³-hybridized carbons (Fsp3) is 0.250. The van der Waals surface area contributed by atoms with Gasteiger partial charge in [0.1, 0.15) is 17.4 Å². The predicted molar refractivity (Wildman–Crippen MR) is 80.7 cm³/mol. The van der Waals surface area contributed by atoms with Gasteiger partial charge in [0.2, 0.25) is 5.88 Å². The third-order valence-corrected chi connectivity index (χ3v) is 4.34. The van der Waals surface area contributed by atoms with Crippen LogP contribution in [0.25, 0.3) is 0 Å². The highest BCUT2D eigenvalue weighted by atomic mass is 79.9. The zero-order valence-corrected chi connectivity index (χ0v) is 12.8. The third-order valence-electron chi connectivity index (χ3n) is 3.81. The van der Waals surface area contributed by atoms with Crippen molar-refractivity contribution < 1.29 is 9.53 Å². The molecule has 1 heterocycles. The van der Waals surface area contributed by atoms with E-state index >= 15 is 0 Å². The number of nitrogens with zero attached hydrogens (tertiary/aromatic N) is 1. The number of ether oxygens (including phenoxy) is 1. The van der Waals surface area contributed by atoms with E-state index in [1.165, 1.54) is 0 Å². The van der Waals surface area contributed by atoms with E-state index in [2.05, 4.69) is 22.0 Å². The lowest BCUT2D eigenvalue weighted by atomic mass is 9.78. The Labute approximate surface area is 131 Å². The van der Waals surface area contributed by atoms with E-state index in [-0.39, 0.29) is 11.7 Å². The third kappa shape index (κ3) is 2.36. The van der Waals surface area contributed by atoms with Gasteiger partial charge < -0.3 is 10.5 Å². The molecule has 1 aromatic carbocycles. The number of ketones is 1. The molecule has 106 valence electrons. The first-order chi connectivity index (χ1) is 10.1. The number of carbonyl (C=O) groups is 1. The lowest BCUT2D eigenvalue weighted by molar-refractivity contribution is -0.116. The molecule has 0 saturated heterocycles. The standard InChI is InChI=1S/C16H13BrN2O2/c17-10-6-4-9(5-7-10)14-11(8-18)16(19)21-13-3-1-2-12(20)15(13)14/h4-7,14H,1-3,19H2/t14-/m0/s1. The highest BCUT2D eigenvalue weighted by Gasteiger charge is 2.37. The molecule has 0 unspecified atom stereocenters. The molecule has 0 spiro atoms. The number of benzene rings is 1. The van der Waals surface area contributed by atoms with E-state index in [1.807, 2.05) is 24.3 Å². The van der Waals surface area contributed by atoms with Gasteiger partial charge in [-0.05, 0) is 24.1 Å². The Kier molecular flexibility index (Phi) is 3.56. The van der Waals surface area contributed by atoms with Crippen LogP contribution in [-0.2, 0) is 9.53 Å². The summed E-state index contributed by atoms with van der Waals surface area (Å²) in [7, 11) is 0. The van der Waals surface area contributed by atoms with Gasteiger partial charge >= 0.3 is 0 Å². The van der Waals surface area contributed by atoms with E-state index in [9.17, 15) is 10.1 Å². The van der Waals surface area contributed by atoms with Crippen LogP contribution in [0, 0.1) is 11.3 Å². The molecule has 1 aromatic rings. The van der Waals surface area contributed by atoms with Gasteiger partial charge in [0.25, 0.3) is 0 Å². The minimum Gasteiger partial charge on any atom is -0.444 e. The molecule has 0 saturated carbocycles. The maximum absolute atomic E-state index is 12.3. The normalized spacial score (nSPS) is 21.7. The molecule has 5 heteroatoms. The molecule has 21 heavy (non-hydrogen) atoms. The number of nitrogens with two attached hydrogens (primary N) is 1. The first kappa shape index (κ1) is 13.9. The van der Waals surface area contributed by atoms with Crippen LogP contribution >= 0.6 is 15.9 Å². The van der Waals surface area contributed by atoms with Gasteiger partial charge in [0.05, 0.1) is 5.92 Å². The fourth-order valence-corrected chi connectivity index (χ4v) is 3.11. The monoisotopic (exact) mass is 344 g/mol. The van der Waals surface area contributed by atoms with Crippen LogP contribution in [0.5, 0.6) is 0 Å². The second-order valence-electron chi connectivity index (χ2n) is 5.09. The van der Waals surface area contributed by atoms with Crippen molar-refractivity contribution >= 4 is 21.7 Å². The van der Waals surface area contributed by atoms with E-state index < -0.39 is 5.92 Å². The van der Waals surface area contributed by atoms with Crippen molar-refractivity contribution in [2.24, 2.45) is 5.73 Å². The van der Waals surface area contributed by atoms with Crippen LogP contribution in [0.3, 0.4) is 0 Å². The van der Waals surface area contributed by atoms with Crippen molar-refractivity contribution in [3.8, 4) is 6.07 Å². The predicted octanol–water partition coefficient (Wildman–Crippen LogP) is 3.26. The van der Waals surface area contributed by atoms with E-state index in [4.69, 9.17) is 10.5 Å². The molecule has 3 rings (SSSR count). The van der Waals surface area contributed by atoms with Crippen molar-refractivity contribution in [2.45, 2.75) is 25.2 Å². The molecule has 1 aliphatic carbocycles. The second-order valence-corrected chi connectivity index (χ2v) is 6.01. The highest BCUT2D eigenvalue weighted by Crippen LogP contribution is 2.43. The fourth-order valence-electron chi connectivity index (χ4n) is 2.84. The van der Waals surface area contributed by atoms with Crippen LogP contribution < -0.4 is 5.73 Å². The quantitative estimate of drug-likeness (QED) is 0.848. The minimum atomic E-state index is -0.417. The summed E-state index contributed by atoms with van der Waals surface area (Å²) in [6, 6.07) is 9.69. The average Bonchev–Trinajstić information content (AvgIpc) is 2.47. The Morgan fingerprint density at radius 2 is 2.00 bits per heavy atom. The van der Waals surface area contributed by atoms with Crippen LogP contribution in [0.1, 0.15) is 30.7 Å². The van der Waals surface area contributed by atoms with Crippen molar-refractivity contribution in [2.75, 3.05) is 0 Å². The number of rotatable bonds is 1. The molecule has 1 atom stereocenters. The Morgan fingerprint density at radius 3 is 2.67 bits per heavy atom. The first-order valence-corrected chi connectivity index (χ1v) is 7.50. The Bertz CT molecular complexity index is 711. The molecular formula is C16H13BrN2O2.